The van der Waals surface area contributed by atoms with Crippen molar-refractivity contribution in [1.82, 2.24) is 9.80 Å². The fourth-order valence-corrected chi connectivity index (χ4v) is 4.11. The molecular weight excluding hydrogens is 390 g/mol. The van der Waals surface area contributed by atoms with E-state index in [2.05, 4.69) is 51.4 Å². The van der Waals surface area contributed by atoms with Crippen LogP contribution in [-0.4, -0.2) is 61.5 Å². The van der Waals surface area contributed by atoms with E-state index in [0.717, 1.165) is 43.1 Å². The van der Waals surface area contributed by atoms with Crippen molar-refractivity contribution < 1.29 is 9.53 Å². The second-order valence-electron chi connectivity index (χ2n) is 8.33. The molecule has 3 N–H and O–H groups in total. The Morgan fingerprint density at radius 2 is 1.77 bits per heavy atom. The van der Waals surface area contributed by atoms with Gasteiger partial charge in [0.15, 0.2) is 0 Å². The number of amides is 1. The van der Waals surface area contributed by atoms with Crippen LogP contribution in [-0.2, 0) is 29.0 Å². The topological polar surface area (TPSA) is 83.2 Å². The lowest BCUT2D eigenvalue weighted by atomic mass is 10.1. The van der Waals surface area contributed by atoms with Crippen LogP contribution in [0.2, 0.25) is 0 Å². The molecule has 2 aromatic carbocycles. The number of amidine groups is 1. The minimum Gasteiger partial charge on any atom is -0.460 e. The summed E-state index contributed by atoms with van der Waals surface area (Å²) in [6.07, 6.45) is 3.96. The van der Waals surface area contributed by atoms with Crippen LogP contribution in [0.5, 0.6) is 0 Å². The van der Waals surface area contributed by atoms with E-state index in [9.17, 15) is 4.79 Å². The number of aryl methyl sites for hydroxylation is 2. The molecule has 7 heteroatoms. The van der Waals surface area contributed by atoms with Gasteiger partial charge in [-0.3, -0.25) is 9.69 Å². The van der Waals surface area contributed by atoms with Gasteiger partial charge in [-0.05, 0) is 55.6 Å². The number of likely N-dealkylation sites (N-methyl/N-ethyl adjacent to an activating group) is 1. The Bertz CT molecular complexity index is 928. The number of anilines is 1. The Hall–Kier alpha value is -2.90. The van der Waals surface area contributed by atoms with Crippen molar-refractivity contribution in [1.29, 1.82) is 0 Å². The van der Waals surface area contributed by atoms with Gasteiger partial charge in [0.25, 0.3) is 6.02 Å². The number of nitrogens with two attached hydrogens (primary N) is 1. The SMILES string of the molecule is CN1CCN(CC(=O)Nc2ccc3c(c2)COC(N)=N3)CC1.c1ccc2c(c1)CCC2. The van der Waals surface area contributed by atoms with Crippen molar-refractivity contribution in [3.05, 3.63) is 59.2 Å². The molecule has 1 fully saturated rings. The minimum absolute atomic E-state index is 0.00393. The molecule has 1 amide bonds. The van der Waals surface area contributed by atoms with Gasteiger partial charge in [-0.25, -0.2) is 0 Å². The maximum Gasteiger partial charge on any atom is 0.287 e. The Morgan fingerprint density at radius 3 is 2.48 bits per heavy atom. The van der Waals surface area contributed by atoms with Crippen LogP contribution in [0, 0.1) is 0 Å². The van der Waals surface area contributed by atoms with Crippen LogP contribution < -0.4 is 11.1 Å². The third kappa shape index (κ3) is 5.83. The normalized spacial score (nSPS) is 18.0. The van der Waals surface area contributed by atoms with Gasteiger partial charge in [0.2, 0.25) is 5.91 Å². The van der Waals surface area contributed by atoms with Gasteiger partial charge in [0, 0.05) is 37.4 Å². The fraction of sp³-hybridized carbons (Fsp3) is 0.417. The fourth-order valence-electron chi connectivity index (χ4n) is 4.11. The van der Waals surface area contributed by atoms with Crippen molar-refractivity contribution in [2.45, 2.75) is 25.9 Å². The Kier molecular flexibility index (Phi) is 6.84. The minimum atomic E-state index is 0.00393. The van der Waals surface area contributed by atoms with Crippen LogP contribution in [0.25, 0.3) is 0 Å². The molecule has 0 radical (unpaired) electrons. The Morgan fingerprint density at radius 1 is 1.06 bits per heavy atom. The molecule has 1 saturated heterocycles. The smallest absolute Gasteiger partial charge is 0.287 e. The average Bonchev–Trinajstić information content (AvgIpc) is 3.25. The van der Waals surface area contributed by atoms with E-state index in [-0.39, 0.29) is 11.9 Å². The summed E-state index contributed by atoms with van der Waals surface area (Å²) in [5.41, 5.74) is 11.1. The summed E-state index contributed by atoms with van der Waals surface area (Å²) in [6.45, 7) is 4.66. The number of aliphatic imine (C=N–C) groups is 1. The summed E-state index contributed by atoms with van der Waals surface area (Å²) in [4.78, 5) is 20.7. The third-order valence-electron chi connectivity index (χ3n) is 5.94. The summed E-state index contributed by atoms with van der Waals surface area (Å²) >= 11 is 0. The number of nitrogens with one attached hydrogen (secondary N) is 1. The highest BCUT2D eigenvalue weighted by atomic mass is 16.5. The first kappa shape index (κ1) is 21.3. The lowest BCUT2D eigenvalue weighted by Crippen LogP contribution is -2.47. The zero-order valence-electron chi connectivity index (χ0n) is 18.1. The highest BCUT2D eigenvalue weighted by molar-refractivity contribution is 5.92. The number of piperazine rings is 1. The average molecular weight is 422 g/mol. The standard InChI is InChI=1S/C15H21N5O2.C9H10/c1-19-4-6-20(7-5-19)9-14(21)17-12-2-3-13-11(8-12)10-22-15(16)18-13;1-2-5-9-7-3-6-8(9)4-1/h2-3,8H,4-7,9-10H2,1H3,(H2,16,18)(H,17,21);1-2,4-5H,3,6-7H2. The van der Waals surface area contributed by atoms with E-state index < -0.39 is 0 Å². The third-order valence-corrected chi connectivity index (χ3v) is 5.94. The van der Waals surface area contributed by atoms with Crippen molar-refractivity contribution in [2.24, 2.45) is 10.7 Å². The number of hydrogen-bond donors (Lipinski definition) is 2. The van der Waals surface area contributed by atoms with E-state index in [1.165, 1.54) is 19.3 Å². The second-order valence-corrected chi connectivity index (χ2v) is 8.33. The molecular formula is C24H31N5O2. The lowest BCUT2D eigenvalue weighted by molar-refractivity contribution is -0.117. The number of ether oxygens (including phenoxy) is 1. The zero-order valence-corrected chi connectivity index (χ0v) is 18.1. The zero-order chi connectivity index (χ0) is 21.6. The molecule has 5 rings (SSSR count). The largest absolute Gasteiger partial charge is 0.460 e. The monoisotopic (exact) mass is 421 g/mol. The summed E-state index contributed by atoms with van der Waals surface area (Å²) in [5, 5.41) is 2.93. The molecule has 2 aromatic rings. The van der Waals surface area contributed by atoms with Gasteiger partial charge in [-0.1, -0.05) is 24.3 Å². The van der Waals surface area contributed by atoms with Crippen molar-refractivity contribution in [3.63, 3.8) is 0 Å². The number of hydrogen-bond acceptors (Lipinski definition) is 6. The number of carbonyl (C=O) groups excluding carboxylic acids is 1. The van der Waals surface area contributed by atoms with Gasteiger partial charge in [0.1, 0.15) is 6.61 Å². The van der Waals surface area contributed by atoms with Crippen molar-refractivity contribution in [2.75, 3.05) is 45.1 Å². The number of carbonyl (C=O) groups is 1. The van der Waals surface area contributed by atoms with Gasteiger partial charge in [-0.15, -0.1) is 0 Å². The second kappa shape index (κ2) is 9.94. The van der Waals surface area contributed by atoms with Crippen LogP contribution in [0.15, 0.2) is 47.5 Å². The van der Waals surface area contributed by atoms with E-state index in [4.69, 9.17) is 10.5 Å². The summed E-state index contributed by atoms with van der Waals surface area (Å²) < 4.78 is 5.20. The molecule has 0 atom stereocenters. The molecule has 0 unspecified atom stereocenters. The van der Waals surface area contributed by atoms with Gasteiger partial charge < -0.3 is 20.7 Å². The van der Waals surface area contributed by atoms with E-state index in [0.29, 0.717) is 13.2 Å². The van der Waals surface area contributed by atoms with Gasteiger partial charge in [0.05, 0.1) is 12.2 Å². The predicted molar refractivity (Wildman–Crippen MR) is 124 cm³/mol. The van der Waals surface area contributed by atoms with Crippen LogP contribution in [0.4, 0.5) is 11.4 Å². The molecule has 31 heavy (non-hydrogen) atoms. The van der Waals surface area contributed by atoms with Crippen molar-refractivity contribution in [3.8, 4) is 0 Å². The molecule has 7 nitrogen and oxygen atoms in total. The number of rotatable bonds is 3. The highest BCUT2D eigenvalue weighted by Gasteiger charge is 2.17. The summed E-state index contributed by atoms with van der Waals surface area (Å²) in [5.74, 6) is 0.00393. The number of benzene rings is 2. The first-order chi connectivity index (χ1) is 15.1. The Labute approximate surface area is 183 Å². The van der Waals surface area contributed by atoms with Crippen LogP contribution in [0.1, 0.15) is 23.1 Å². The molecule has 2 heterocycles. The van der Waals surface area contributed by atoms with Gasteiger partial charge in [-0.2, -0.15) is 4.99 Å². The molecule has 1 aliphatic carbocycles. The summed E-state index contributed by atoms with van der Waals surface area (Å²) in [7, 11) is 2.10. The van der Waals surface area contributed by atoms with Gasteiger partial charge >= 0.3 is 0 Å². The Balaban J connectivity index is 0.000000212. The number of nitrogens with zero attached hydrogens (tertiary/aromatic N) is 3. The van der Waals surface area contributed by atoms with Crippen LogP contribution in [0.3, 0.4) is 0 Å². The van der Waals surface area contributed by atoms with Crippen molar-refractivity contribution >= 4 is 23.3 Å². The lowest BCUT2D eigenvalue weighted by Gasteiger charge is -2.31. The quantitative estimate of drug-likeness (QED) is 0.796. The van der Waals surface area contributed by atoms with E-state index in [1.54, 1.807) is 11.1 Å². The first-order valence-electron chi connectivity index (χ1n) is 10.9. The molecule has 3 aliphatic rings. The molecule has 0 saturated carbocycles. The summed E-state index contributed by atoms with van der Waals surface area (Å²) in [6, 6.07) is 14.5. The maximum absolute atomic E-state index is 12.1. The number of fused-ring (bicyclic) bond motifs is 2. The highest BCUT2D eigenvalue weighted by Crippen LogP contribution is 2.27. The van der Waals surface area contributed by atoms with E-state index >= 15 is 0 Å². The van der Waals surface area contributed by atoms with E-state index in [1.807, 2.05) is 18.2 Å². The molecule has 0 spiro atoms. The first-order valence-corrected chi connectivity index (χ1v) is 10.9. The molecule has 0 bridgehead atoms. The van der Waals surface area contributed by atoms with Crippen LogP contribution >= 0.6 is 0 Å². The molecule has 0 aromatic heterocycles. The maximum atomic E-state index is 12.1. The predicted octanol–water partition coefficient (Wildman–Crippen LogP) is 2.52. The molecule has 164 valence electrons. The molecule has 2 aliphatic heterocycles.